The zero-order chi connectivity index (χ0) is 8.97. The molecule has 1 heterocycles. The van der Waals surface area contributed by atoms with E-state index in [-0.39, 0.29) is 0 Å². The Balaban J connectivity index is 2.62. The maximum absolute atomic E-state index is 5.70. The predicted octanol–water partition coefficient (Wildman–Crippen LogP) is 0.595. The van der Waals surface area contributed by atoms with Gasteiger partial charge in [-0.25, -0.2) is 0 Å². The third-order valence-electron chi connectivity index (χ3n) is 1.72. The second-order valence-corrected chi connectivity index (χ2v) is 2.66. The number of hydrogen-bond donors (Lipinski definition) is 2. The predicted molar refractivity (Wildman–Crippen MR) is 49.7 cm³/mol. The Morgan fingerprint density at radius 3 is 2.83 bits per heavy atom. The van der Waals surface area contributed by atoms with Gasteiger partial charge < -0.3 is 11.1 Å². The van der Waals surface area contributed by atoms with Crippen molar-refractivity contribution in [3.8, 4) is 0 Å². The summed E-state index contributed by atoms with van der Waals surface area (Å²) in [6.07, 6.45) is 0. The summed E-state index contributed by atoms with van der Waals surface area (Å²) < 4.78 is 1.80. The summed E-state index contributed by atoms with van der Waals surface area (Å²) in [5.41, 5.74) is 6.71. The minimum atomic E-state index is 0.741. The van der Waals surface area contributed by atoms with Crippen molar-refractivity contribution >= 4 is 5.82 Å². The van der Waals surface area contributed by atoms with Crippen LogP contribution in [0.3, 0.4) is 0 Å². The van der Waals surface area contributed by atoms with E-state index in [9.17, 15) is 0 Å². The molecule has 3 N–H and O–H groups in total. The first-order valence-corrected chi connectivity index (χ1v) is 4.30. The SMILES string of the molecule is CCNCc1cc(N)n(CC)n1. The van der Waals surface area contributed by atoms with E-state index in [1.54, 1.807) is 4.68 Å². The van der Waals surface area contributed by atoms with Crippen molar-refractivity contribution < 1.29 is 0 Å². The van der Waals surface area contributed by atoms with Gasteiger partial charge in [-0.15, -0.1) is 0 Å². The molecule has 68 valence electrons. The molecule has 12 heavy (non-hydrogen) atoms. The monoisotopic (exact) mass is 168 g/mol. The van der Waals surface area contributed by atoms with Crippen LogP contribution in [0, 0.1) is 0 Å². The van der Waals surface area contributed by atoms with Crippen LogP contribution in [0.1, 0.15) is 19.5 Å². The quantitative estimate of drug-likeness (QED) is 0.692. The zero-order valence-corrected chi connectivity index (χ0v) is 7.67. The molecule has 4 heteroatoms. The van der Waals surface area contributed by atoms with Gasteiger partial charge in [-0.3, -0.25) is 4.68 Å². The van der Waals surface area contributed by atoms with Crippen LogP contribution in [-0.2, 0) is 13.1 Å². The number of nitrogens with zero attached hydrogens (tertiary/aromatic N) is 2. The van der Waals surface area contributed by atoms with Gasteiger partial charge in [0.2, 0.25) is 0 Å². The number of aryl methyl sites for hydroxylation is 1. The fourth-order valence-electron chi connectivity index (χ4n) is 1.08. The molecule has 0 radical (unpaired) electrons. The van der Waals surface area contributed by atoms with E-state index in [1.165, 1.54) is 0 Å². The van der Waals surface area contributed by atoms with E-state index in [0.29, 0.717) is 0 Å². The molecule has 1 aromatic heterocycles. The molecule has 0 aliphatic carbocycles. The van der Waals surface area contributed by atoms with Crippen LogP contribution in [0.25, 0.3) is 0 Å². The van der Waals surface area contributed by atoms with Crippen LogP contribution < -0.4 is 11.1 Å². The topological polar surface area (TPSA) is 55.9 Å². The van der Waals surface area contributed by atoms with Gasteiger partial charge in [-0.1, -0.05) is 6.92 Å². The van der Waals surface area contributed by atoms with E-state index in [2.05, 4.69) is 17.3 Å². The van der Waals surface area contributed by atoms with Crippen molar-refractivity contribution in [2.45, 2.75) is 26.9 Å². The van der Waals surface area contributed by atoms with Gasteiger partial charge in [0.15, 0.2) is 0 Å². The van der Waals surface area contributed by atoms with Crippen LogP contribution in [-0.4, -0.2) is 16.3 Å². The molecule has 0 saturated heterocycles. The molecule has 4 nitrogen and oxygen atoms in total. The van der Waals surface area contributed by atoms with Crippen LogP contribution in [0.15, 0.2) is 6.07 Å². The summed E-state index contributed by atoms with van der Waals surface area (Å²) >= 11 is 0. The average Bonchev–Trinajstić information content (AvgIpc) is 2.43. The Morgan fingerprint density at radius 2 is 2.33 bits per heavy atom. The van der Waals surface area contributed by atoms with E-state index in [1.807, 2.05) is 13.0 Å². The lowest BCUT2D eigenvalue weighted by molar-refractivity contribution is 0.634. The third kappa shape index (κ3) is 1.98. The van der Waals surface area contributed by atoms with Crippen LogP contribution >= 0.6 is 0 Å². The summed E-state index contributed by atoms with van der Waals surface area (Å²) in [6, 6.07) is 1.91. The number of nitrogen functional groups attached to an aromatic ring is 1. The molecular formula is C8H16N4. The van der Waals surface area contributed by atoms with Crippen molar-refractivity contribution in [1.29, 1.82) is 0 Å². The minimum Gasteiger partial charge on any atom is -0.384 e. The van der Waals surface area contributed by atoms with Gasteiger partial charge in [0.05, 0.1) is 5.69 Å². The van der Waals surface area contributed by atoms with Crippen LogP contribution in [0.4, 0.5) is 5.82 Å². The average molecular weight is 168 g/mol. The molecule has 0 fully saturated rings. The van der Waals surface area contributed by atoms with E-state index < -0.39 is 0 Å². The van der Waals surface area contributed by atoms with Gasteiger partial charge in [0.25, 0.3) is 0 Å². The number of nitrogens with one attached hydrogen (secondary N) is 1. The lowest BCUT2D eigenvalue weighted by atomic mass is 10.4. The summed E-state index contributed by atoms with van der Waals surface area (Å²) in [5.74, 6) is 0.741. The number of anilines is 1. The number of aromatic nitrogens is 2. The normalized spacial score (nSPS) is 10.5. The van der Waals surface area contributed by atoms with Crippen molar-refractivity contribution in [1.82, 2.24) is 15.1 Å². The highest BCUT2D eigenvalue weighted by atomic mass is 15.3. The van der Waals surface area contributed by atoms with Gasteiger partial charge in [0.1, 0.15) is 5.82 Å². The summed E-state index contributed by atoms with van der Waals surface area (Å²) in [6.45, 7) is 6.69. The summed E-state index contributed by atoms with van der Waals surface area (Å²) in [5, 5.41) is 7.49. The van der Waals surface area contributed by atoms with Gasteiger partial charge in [-0.2, -0.15) is 5.10 Å². The summed E-state index contributed by atoms with van der Waals surface area (Å²) in [4.78, 5) is 0. The molecule has 0 saturated carbocycles. The molecule has 1 aromatic rings. The van der Waals surface area contributed by atoms with Crippen molar-refractivity contribution in [2.75, 3.05) is 12.3 Å². The molecule has 0 spiro atoms. The first-order valence-electron chi connectivity index (χ1n) is 4.30. The van der Waals surface area contributed by atoms with Crippen molar-refractivity contribution in [3.05, 3.63) is 11.8 Å². The molecule has 0 bridgehead atoms. The molecule has 0 atom stereocenters. The standard InChI is InChI=1S/C8H16N4/c1-3-10-6-7-5-8(9)12(4-2)11-7/h5,10H,3-4,6,9H2,1-2H3. The lowest BCUT2D eigenvalue weighted by Crippen LogP contribution is -2.12. The molecule has 0 amide bonds. The lowest BCUT2D eigenvalue weighted by Gasteiger charge is -1.97. The van der Waals surface area contributed by atoms with Crippen molar-refractivity contribution in [3.63, 3.8) is 0 Å². The second-order valence-electron chi connectivity index (χ2n) is 2.66. The zero-order valence-electron chi connectivity index (χ0n) is 7.67. The number of nitrogens with two attached hydrogens (primary N) is 1. The summed E-state index contributed by atoms with van der Waals surface area (Å²) in [7, 11) is 0. The van der Waals surface area contributed by atoms with Crippen LogP contribution in [0.2, 0.25) is 0 Å². The molecular weight excluding hydrogens is 152 g/mol. The molecule has 1 rings (SSSR count). The van der Waals surface area contributed by atoms with Gasteiger partial charge in [-0.05, 0) is 13.5 Å². The number of rotatable bonds is 4. The van der Waals surface area contributed by atoms with E-state index >= 15 is 0 Å². The maximum Gasteiger partial charge on any atom is 0.121 e. The highest BCUT2D eigenvalue weighted by Gasteiger charge is 2.01. The van der Waals surface area contributed by atoms with Gasteiger partial charge >= 0.3 is 0 Å². The Hall–Kier alpha value is -1.03. The smallest absolute Gasteiger partial charge is 0.121 e. The van der Waals surface area contributed by atoms with Crippen LogP contribution in [0.5, 0.6) is 0 Å². The maximum atomic E-state index is 5.70. The molecule has 0 aliphatic rings. The Labute approximate surface area is 72.8 Å². The molecule has 0 aromatic carbocycles. The molecule has 0 aliphatic heterocycles. The third-order valence-corrected chi connectivity index (χ3v) is 1.72. The van der Waals surface area contributed by atoms with E-state index in [4.69, 9.17) is 5.73 Å². The first-order chi connectivity index (χ1) is 5.77. The first kappa shape index (κ1) is 9.06. The highest BCUT2D eigenvalue weighted by molar-refractivity contribution is 5.30. The fourth-order valence-corrected chi connectivity index (χ4v) is 1.08. The number of hydrogen-bond acceptors (Lipinski definition) is 3. The van der Waals surface area contributed by atoms with E-state index in [0.717, 1.165) is 31.1 Å². The Bertz CT molecular complexity index is 241. The second kappa shape index (κ2) is 4.11. The molecule has 0 unspecified atom stereocenters. The van der Waals surface area contributed by atoms with Gasteiger partial charge in [0, 0.05) is 19.2 Å². The highest BCUT2D eigenvalue weighted by Crippen LogP contribution is 2.05. The fraction of sp³-hybridized carbons (Fsp3) is 0.625. The minimum absolute atomic E-state index is 0.741. The Morgan fingerprint density at radius 1 is 1.58 bits per heavy atom. The Kier molecular flexibility index (Phi) is 3.10. The van der Waals surface area contributed by atoms with Crippen molar-refractivity contribution in [2.24, 2.45) is 0 Å². The largest absolute Gasteiger partial charge is 0.384 e.